The van der Waals surface area contributed by atoms with Gasteiger partial charge in [0.05, 0.1) is 0 Å². The summed E-state index contributed by atoms with van der Waals surface area (Å²) in [4.78, 5) is 9.76. The van der Waals surface area contributed by atoms with E-state index in [1.807, 2.05) is 24.3 Å². The van der Waals surface area contributed by atoms with Crippen LogP contribution in [0.25, 0.3) is 0 Å². The second-order valence-electron chi connectivity index (χ2n) is 4.18. The molecule has 94 valence electrons. The van der Waals surface area contributed by atoms with Gasteiger partial charge in [0, 0.05) is 29.0 Å². The quantitative estimate of drug-likeness (QED) is 0.827. The lowest BCUT2D eigenvalue weighted by Gasteiger charge is -2.12. The van der Waals surface area contributed by atoms with Gasteiger partial charge in [-0.15, -0.1) is 0 Å². The number of hydrogen-bond acceptors (Lipinski definition) is 5. The van der Waals surface area contributed by atoms with E-state index in [0.717, 1.165) is 21.4 Å². The van der Waals surface area contributed by atoms with Gasteiger partial charge in [0.25, 0.3) is 0 Å². The molecule has 0 aliphatic heterocycles. The van der Waals surface area contributed by atoms with E-state index >= 15 is 0 Å². The molecule has 0 spiro atoms. The Morgan fingerprint density at radius 1 is 1.11 bits per heavy atom. The zero-order valence-corrected chi connectivity index (χ0v) is 11.2. The average Bonchev–Trinajstić information content (AvgIpc) is 2.34. The summed E-state index contributed by atoms with van der Waals surface area (Å²) in [7, 11) is 0. The maximum absolute atomic E-state index is 5.67. The van der Waals surface area contributed by atoms with E-state index in [0.29, 0.717) is 6.04 Å². The van der Waals surface area contributed by atoms with Gasteiger partial charge >= 0.3 is 0 Å². The first-order chi connectivity index (χ1) is 8.65. The third-order valence-corrected chi connectivity index (χ3v) is 3.18. The minimum Gasteiger partial charge on any atom is -0.399 e. The Kier molecular flexibility index (Phi) is 4.04. The molecule has 0 amide bonds. The Morgan fingerprint density at radius 3 is 2.44 bits per heavy atom. The Hall–Kier alpha value is -1.75. The summed E-state index contributed by atoms with van der Waals surface area (Å²) in [6.07, 6.45) is 3.39. The van der Waals surface area contributed by atoms with Crippen LogP contribution in [-0.4, -0.2) is 16.0 Å². The van der Waals surface area contributed by atoms with Crippen molar-refractivity contribution in [3.8, 4) is 0 Å². The Morgan fingerprint density at radius 2 is 1.78 bits per heavy atom. The topological polar surface area (TPSA) is 63.8 Å². The van der Waals surface area contributed by atoms with Gasteiger partial charge in [-0.25, -0.2) is 9.97 Å². The van der Waals surface area contributed by atoms with E-state index in [2.05, 4.69) is 29.1 Å². The molecule has 1 heterocycles. The van der Waals surface area contributed by atoms with Crippen molar-refractivity contribution in [3.05, 3.63) is 36.7 Å². The molecular formula is C13H16N4S. The smallest absolute Gasteiger partial charge is 0.159 e. The van der Waals surface area contributed by atoms with Crippen molar-refractivity contribution in [3.63, 3.8) is 0 Å². The van der Waals surface area contributed by atoms with Gasteiger partial charge < -0.3 is 11.1 Å². The Balaban J connectivity index is 2.20. The molecule has 0 radical (unpaired) electrons. The monoisotopic (exact) mass is 260 g/mol. The molecule has 0 saturated heterocycles. The van der Waals surface area contributed by atoms with Gasteiger partial charge in [0.1, 0.15) is 5.03 Å². The van der Waals surface area contributed by atoms with Crippen LogP contribution in [0.15, 0.2) is 46.6 Å². The number of benzene rings is 1. The number of anilines is 2. The fourth-order valence-electron chi connectivity index (χ4n) is 1.42. The van der Waals surface area contributed by atoms with E-state index in [1.54, 1.807) is 24.2 Å². The number of aromatic nitrogens is 2. The highest BCUT2D eigenvalue weighted by molar-refractivity contribution is 7.99. The Bertz CT molecular complexity index is 511. The molecule has 0 bridgehead atoms. The van der Waals surface area contributed by atoms with Gasteiger partial charge in [-0.05, 0) is 38.1 Å². The largest absolute Gasteiger partial charge is 0.399 e. The van der Waals surface area contributed by atoms with Crippen LogP contribution in [0.2, 0.25) is 0 Å². The molecule has 18 heavy (non-hydrogen) atoms. The first-order valence-electron chi connectivity index (χ1n) is 5.76. The van der Waals surface area contributed by atoms with Crippen LogP contribution in [0.5, 0.6) is 0 Å². The van der Waals surface area contributed by atoms with Crippen molar-refractivity contribution in [1.29, 1.82) is 0 Å². The fourth-order valence-corrected chi connectivity index (χ4v) is 2.24. The highest BCUT2D eigenvalue weighted by Gasteiger charge is 2.07. The third-order valence-electron chi connectivity index (χ3n) is 2.18. The summed E-state index contributed by atoms with van der Waals surface area (Å²) < 4.78 is 0. The molecule has 0 saturated carbocycles. The zero-order chi connectivity index (χ0) is 13.0. The predicted molar refractivity (Wildman–Crippen MR) is 75.8 cm³/mol. The number of nitrogen functional groups attached to an aromatic ring is 1. The molecule has 1 aromatic carbocycles. The highest BCUT2D eigenvalue weighted by Crippen LogP contribution is 2.30. The molecule has 0 unspecified atom stereocenters. The molecule has 3 N–H and O–H groups in total. The summed E-state index contributed by atoms with van der Waals surface area (Å²) in [6, 6.07) is 8.05. The van der Waals surface area contributed by atoms with Crippen molar-refractivity contribution in [1.82, 2.24) is 9.97 Å². The lowest BCUT2D eigenvalue weighted by atomic mass is 10.3. The number of nitrogens with two attached hydrogens (primary N) is 1. The lowest BCUT2D eigenvalue weighted by molar-refractivity contribution is 0.869. The first-order valence-corrected chi connectivity index (χ1v) is 6.58. The minimum absolute atomic E-state index is 0.326. The van der Waals surface area contributed by atoms with E-state index in [1.165, 1.54) is 0 Å². The van der Waals surface area contributed by atoms with Crippen molar-refractivity contribution >= 4 is 23.3 Å². The number of rotatable bonds is 4. The SMILES string of the molecule is CC(C)Nc1nccnc1Sc1ccc(N)cc1. The highest BCUT2D eigenvalue weighted by atomic mass is 32.2. The van der Waals surface area contributed by atoms with Crippen molar-refractivity contribution in [2.24, 2.45) is 0 Å². The van der Waals surface area contributed by atoms with Crippen molar-refractivity contribution in [2.45, 2.75) is 29.8 Å². The lowest BCUT2D eigenvalue weighted by Crippen LogP contribution is -2.12. The number of hydrogen-bond donors (Lipinski definition) is 2. The van der Waals surface area contributed by atoms with Crippen LogP contribution in [-0.2, 0) is 0 Å². The summed E-state index contributed by atoms with van der Waals surface area (Å²) in [5, 5.41) is 4.16. The molecule has 4 nitrogen and oxygen atoms in total. The Labute approximate surface area is 111 Å². The predicted octanol–water partition coefficient (Wildman–Crippen LogP) is 3.03. The van der Waals surface area contributed by atoms with Gasteiger partial charge in [0.15, 0.2) is 5.82 Å². The summed E-state index contributed by atoms with van der Waals surface area (Å²) in [6.45, 7) is 4.15. The van der Waals surface area contributed by atoms with Crippen LogP contribution < -0.4 is 11.1 Å². The second kappa shape index (κ2) is 5.73. The minimum atomic E-state index is 0.326. The van der Waals surface area contributed by atoms with Crippen LogP contribution in [0, 0.1) is 0 Å². The molecule has 0 atom stereocenters. The number of nitrogens with zero attached hydrogens (tertiary/aromatic N) is 2. The molecule has 0 aliphatic carbocycles. The van der Waals surface area contributed by atoms with Crippen molar-refractivity contribution in [2.75, 3.05) is 11.1 Å². The molecule has 0 aliphatic rings. The van der Waals surface area contributed by atoms with Gasteiger partial charge in [-0.2, -0.15) is 0 Å². The average molecular weight is 260 g/mol. The third kappa shape index (κ3) is 3.37. The summed E-state index contributed by atoms with van der Waals surface area (Å²) >= 11 is 1.57. The maximum Gasteiger partial charge on any atom is 0.159 e. The van der Waals surface area contributed by atoms with Crippen LogP contribution in [0.4, 0.5) is 11.5 Å². The van der Waals surface area contributed by atoms with E-state index in [-0.39, 0.29) is 0 Å². The molecule has 0 fully saturated rings. The number of nitrogens with one attached hydrogen (secondary N) is 1. The van der Waals surface area contributed by atoms with E-state index < -0.39 is 0 Å². The van der Waals surface area contributed by atoms with Gasteiger partial charge in [-0.3, -0.25) is 0 Å². The molecular weight excluding hydrogens is 244 g/mol. The van der Waals surface area contributed by atoms with Crippen LogP contribution in [0.1, 0.15) is 13.8 Å². The summed E-state index contributed by atoms with van der Waals surface area (Å²) in [5.41, 5.74) is 6.43. The molecule has 5 heteroatoms. The van der Waals surface area contributed by atoms with Crippen LogP contribution >= 0.6 is 11.8 Å². The fraction of sp³-hybridized carbons (Fsp3) is 0.231. The molecule has 2 rings (SSSR count). The van der Waals surface area contributed by atoms with E-state index in [9.17, 15) is 0 Å². The molecule has 1 aromatic heterocycles. The van der Waals surface area contributed by atoms with Crippen molar-refractivity contribution < 1.29 is 0 Å². The normalized spacial score (nSPS) is 10.6. The first kappa shape index (κ1) is 12.7. The molecule has 2 aromatic rings. The van der Waals surface area contributed by atoms with Gasteiger partial charge in [0.2, 0.25) is 0 Å². The van der Waals surface area contributed by atoms with E-state index in [4.69, 9.17) is 5.73 Å². The standard InChI is InChI=1S/C13H16N4S/c1-9(2)17-12-13(16-8-7-15-12)18-11-5-3-10(14)4-6-11/h3-9H,14H2,1-2H3,(H,15,17). The van der Waals surface area contributed by atoms with Gasteiger partial charge in [-0.1, -0.05) is 11.8 Å². The maximum atomic E-state index is 5.67. The zero-order valence-electron chi connectivity index (χ0n) is 10.4. The second-order valence-corrected chi connectivity index (χ2v) is 5.24. The van der Waals surface area contributed by atoms with Crippen LogP contribution in [0.3, 0.4) is 0 Å². The summed E-state index contributed by atoms with van der Waals surface area (Å²) in [5.74, 6) is 0.814.